The van der Waals surface area contributed by atoms with E-state index in [1.165, 1.54) is 43.2 Å². The van der Waals surface area contributed by atoms with Crippen molar-refractivity contribution in [3.63, 3.8) is 0 Å². The number of nitrogens with zero attached hydrogens (tertiary/aromatic N) is 1. The van der Waals surface area contributed by atoms with E-state index in [-0.39, 0.29) is 0 Å². The zero-order chi connectivity index (χ0) is 14.6. The van der Waals surface area contributed by atoms with Crippen molar-refractivity contribution in [2.24, 2.45) is 0 Å². The van der Waals surface area contributed by atoms with E-state index < -0.39 is 0 Å². The first-order valence-electron chi connectivity index (χ1n) is 7.90. The van der Waals surface area contributed by atoms with Crippen LogP contribution in [-0.2, 0) is 6.42 Å². The molecule has 110 valence electrons. The minimum atomic E-state index is 1.04. The first kappa shape index (κ1) is 16.6. The Bertz CT molecular complexity index is 400. The maximum atomic E-state index is 2.26. The van der Waals surface area contributed by atoms with Gasteiger partial charge < -0.3 is 4.90 Å². The van der Waals surface area contributed by atoms with Gasteiger partial charge in [0.25, 0.3) is 0 Å². The van der Waals surface area contributed by atoms with Gasteiger partial charge in [-0.25, -0.2) is 0 Å². The number of unbranched alkanes of at least 4 members (excludes halogenated alkanes) is 3. The molecule has 1 rings (SSSR count). The molecule has 0 spiro atoms. The average Bonchev–Trinajstić information content (AvgIpc) is 2.49. The lowest BCUT2D eigenvalue weighted by molar-refractivity contribution is 0.484. The second-order valence-corrected chi connectivity index (χ2v) is 5.33. The number of allylic oxidation sites excluding steroid dienone is 2. The molecule has 0 atom stereocenters. The van der Waals surface area contributed by atoms with Crippen LogP contribution in [0.3, 0.4) is 0 Å². The lowest BCUT2D eigenvalue weighted by Crippen LogP contribution is -2.07. The van der Waals surface area contributed by atoms with Crippen LogP contribution in [0.4, 0.5) is 0 Å². The summed E-state index contributed by atoms with van der Waals surface area (Å²) in [6.45, 7) is 5.44. The molecule has 1 nitrogen and oxygen atoms in total. The molecule has 0 aliphatic rings. The molecule has 1 aromatic rings. The van der Waals surface area contributed by atoms with E-state index in [1.54, 1.807) is 0 Å². The smallest absolute Gasteiger partial charge is 0.0140 e. The summed E-state index contributed by atoms with van der Waals surface area (Å²) in [4.78, 5) is 2.16. The molecule has 0 fully saturated rings. The van der Waals surface area contributed by atoms with Crippen molar-refractivity contribution >= 4 is 6.08 Å². The van der Waals surface area contributed by atoms with Gasteiger partial charge in [-0.15, -0.1) is 0 Å². The van der Waals surface area contributed by atoms with Gasteiger partial charge in [0.2, 0.25) is 0 Å². The van der Waals surface area contributed by atoms with E-state index in [2.05, 4.69) is 74.5 Å². The van der Waals surface area contributed by atoms with Gasteiger partial charge in [-0.3, -0.25) is 0 Å². The lowest BCUT2D eigenvalue weighted by Gasteiger charge is -2.07. The third kappa shape index (κ3) is 7.18. The first-order chi connectivity index (χ1) is 9.76. The van der Waals surface area contributed by atoms with Gasteiger partial charge in [0, 0.05) is 13.6 Å². The van der Waals surface area contributed by atoms with Crippen molar-refractivity contribution in [2.45, 2.75) is 46.0 Å². The topological polar surface area (TPSA) is 3.24 Å². The summed E-state index contributed by atoms with van der Waals surface area (Å²) >= 11 is 0. The Balaban J connectivity index is 2.38. The minimum absolute atomic E-state index is 1.04. The van der Waals surface area contributed by atoms with Crippen molar-refractivity contribution in [3.05, 3.63) is 53.7 Å². The van der Waals surface area contributed by atoms with Gasteiger partial charge in [0.1, 0.15) is 0 Å². The summed E-state index contributed by atoms with van der Waals surface area (Å²) in [6.07, 6.45) is 15.0. The monoisotopic (exact) mass is 271 g/mol. The summed E-state index contributed by atoms with van der Waals surface area (Å²) in [5.74, 6) is 0. The van der Waals surface area contributed by atoms with Crippen molar-refractivity contribution < 1.29 is 0 Å². The highest BCUT2D eigenvalue weighted by Crippen LogP contribution is 2.10. The van der Waals surface area contributed by atoms with E-state index >= 15 is 0 Å². The standard InChI is InChI=1S/C19H29N/c1-4-6-7-8-11-18-13-15-19(16-14-18)12-9-10-17-20(3)5-2/h9-10,12-17H,4-8,11H2,1-3H3/b12-9+,17-10-. The highest BCUT2D eigenvalue weighted by atomic mass is 15.1. The summed E-state index contributed by atoms with van der Waals surface area (Å²) in [7, 11) is 2.08. The van der Waals surface area contributed by atoms with E-state index in [1.807, 2.05) is 0 Å². The first-order valence-corrected chi connectivity index (χ1v) is 7.90. The molecule has 0 heterocycles. The van der Waals surface area contributed by atoms with Crippen LogP contribution in [0.1, 0.15) is 50.7 Å². The van der Waals surface area contributed by atoms with Crippen molar-refractivity contribution in [2.75, 3.05) is 13.6 Å². The Kier molecular flexibility index (Phi) is 8.53. The molecule has 1 heteroatoms. The summed E-state index contributed by atoms with van der Waals surface area (Å²) in [6, 6.07) is 8.94. The molecular weight excluding hydrogens is 242 g/mol. The fourth-order valence-corrected chi connectivity index (χ4v) is 2.02. The average molecular weight is 271 g/mol. The summed E-state index contributed by atoms with van der Waals surface area (Å²) in [5, 5.41) is 0. The van der Waals surface area contributed by atoms with E-state index in [0.29, 0.717) is 0 Å². The molecule has 20 heavy (non-hydrogen) atoms. The van der Waals surface area contributed by atoms with Crippen molar-refractivity contribution in [1.29, 1.82) is 0 Å². The zero-order valence-electron chi connectivity index (χ0n) is 13.3. The highest BCUT2D eigenvalue weighted by molar-refractivity contribution is 5.51. The molecule has 0 aliphatic heterocycles. The fourth-order valence-electron chi connectivity index (χ4n) is 2.02. The van der Waals surface area contributed by atoms with Gasteiger partial charge in [-0.05, 0) is 43.2 Å². The number of aryl methyl sites for hydroxylation is 1. The van der Waals surface area contributed by atoms with Crippen LogP contribution >= 0.6 is 0 Å². The van der Waals surface area contributed by atoms with Crippen molar-refractivity contribution in [1.82, 2.24) is 4.90 Å². The van der Waals surface area contributed by atoms with Crippen LogP contribution < -0.4 is 0 Å². The second kappa shape index (κ2) is 10.3. The minimum Gasteiger partial charge on any atom is -0.381 e. The normalized spacial score (nSPS) is 11.6. The third-order valence-electron chi connectivity index (χ3n) is 3.54. The van der Waals surface area contributed by atoms with Crippen LogP contribution in [-0.4, -0.2) is 18.5 Å². The van der Waals surface area contributed by atoms with E-state index in [9.17, 15) is 0 Å². The maximum Gasteiger partial charge on any atom is 0.0140 e. The molecule has 0 aliphatic carbocycles. The van der Waals surface area contributed by atoms with Gasteiger partial charge in [0.05, 0.1) is 0 Å². The van der Waals surface area contributed by atoms with Gasteiger partial charge in [-0.1, -0.05) is 62.6 Å². The predicted octanol–water partition coefficient (Wildman–Crippen LogP) is 5.29. The van der Waals surface area contributed by atoms with E-state index in [4.69, 9.17) is 0 Å². The quantitative estimate of drug-likeness (QED) is 0.436. The van der Waals surface area contributed by atoms with E-state index in [0.717, 1.165) is 6.54 Å². The van der Waals surface area contributed by atoms with Crippen LogP contribution in [0.2, 0.25) is 0 Å². The second-order valence-electron chi connectivity index (χ2n) is 5.33. The number of benzene rings is 1. The Labute approximate surface area is 125 Å². The number of hydrogen-bond acceptors (Lipinski definition) is 1. The summed E-state index contributed by atoms with van der Waals surface area (Å²) in [5.41, 5.74) is 2.73. The zero-order valence-corrected chi connectivity index (χ0v) is 13.3. The molecule has 0 saturated heterocycles. The van der Waals surface area contributed by atoms with Crippen LogP contribution in [0.25, 0.3) is 6.08 Å². The van der Waals surface area contributed by atoms with Crippen LogP contribution in [0.15, 0.2) is 42.6 Å². The molecular formula is C19H29N. The van der Waals surface area contributed by atoms with Crippen LogP contribution in [0.5, 0.6) is 0 Å². The Morgan fingerprint density at radius 2 is 1.70 bits per heavy atom. The maximum absolute atomic E-state index is 2.26. The number of rotatable bonds is 9. The Morgan fingerprint density at radius 3 is 2.35 bits per heavy atom. The molecule has 0 bridgehead atoms. The number of hydrogen-bond donors (Lipinski definition) is 0. The van der Waals surface area contributed by atoms with Crippen molar-refractivity contribution in [3.8, 4) is 0 Å². The fraction of sp³-hybridized carbons (Fsp3) is 0.474. The molecule has 0 aromatic heterocycles. The largest absolute Gasteiger partial charge is 0.381 e. The molecule has 0 N–H and O–H groups in total. The molecule has 0 amide bonds. The Morgan fingerprint density at radius 1 is 0.950 bits per heavy atom. The summed E-state index contributed by atoms with van der Waals surface area (Å²) < 4.78 is 0. The SMILES string of the molecule is CCCCCCc1ccc(/C=C/C=C\N(C)CC)cc1. The molecule has 0 radical (unpaired) electrons. The molecule has 0 saturated carbocycles. The van der Waals surface area contributed by atoms with Crippen LogP contribution in [0, 0.1) is 0 Å². The highest BCUT2D eigenvalue weighted by Gasteiger charge is 1.93. The predicted molar refractivity (Wildman–Crippen MR) is 90.8 cm³/mol. The van der Waals surface area contributed by atoms with Gasteiger partial charge in [-0.2, -0.15) is 0 Å². The molecule has 1 aromatic carbocycles. The lowest BCUT2D eigenvalue weighted by atomic mass is 10.0. The Hall–Kier alpha value is -1.50. The van der Waals surface area contributed by atoms with Gasteiger partial charge in [0.15, 0.2) is 0 Å². The van der Waals surface area contributed by atoms with Gasteiger partial charge >= 0.3 is 0 Å². The molecule has 0 unspecified atom stereocenters. The third-order valence-corrected chi connectivity index (χ3v) is 3.54.